The molecule has 27 heavy (non-hydrogen) atoms. The molecule has 1 N–H and O–H groups in total. The first kappa shape index (κ1) is 20.1. The highest BCUT2D eigenvalue weighted by Gasteiger charge is 2.26. The molecule has 5 nitrogen and oxygen atoms in total. The number of rotatable bonds is 7. The van der Waals surface area contributed by atoms with Crippen molar-refractivity contribution in [3.8, 4) is 5.69 Å². The molecular weight excluding hydrogens is 360 g/mol. The molecule has 1 atom stereocenters. The summed E-state index contributed by atoms with van der Waals surface area (Å²) in [5.41, 5.74) is 3.55. The Morgan fingerprint density at radius 1 is 1.26 bits per heavy atom. The maximum Gasteiger partial charge on any atom is 0.0646 e. The van der Waals surface area contributed by atoms with Crippen LogP contribution in [0.2, 0.25) is 5.02 Å². The van der Waals surface area contributed by atoms with Crippen molar-refractivity contribution < 1.29 is 5.11 Å². The molecule has 6 heteroatoms. The number of aliphatic hydroxyl groups is 1. The molecule has 0 saturated carbocycles. The summed E-state index contributed by atoms with van der Waals surface area (Å²) in [6, 6.07) is 8.09. The van der Waals surface area contributed by atoms with Crippen LogP contribution in [0.4, 0.5) is 0 Å². The number of aromatic nitrogens is 2. The second kappa shape index (κ2) is 9.51. The van der Waals surface area contributed by atoms with E-state index < -0.39 is 0 Å². The van der Waals surface area contributed by atoms with Gasteiger partial charge in [-0.25, -0.2) is 4.68 Å². The van der Waals surface area contributed by atoms with Crippen molar-refractivity contribution in [2.75, 3.05) is 32.8 Å². The van der Waals surface area contributed by atoms with E-state index in [9.17, 15) is 5.11 Å². The average molecular weight is 389 g/mol. The van der Waals surface area contributed by atoms with Gasteiger partial charge in [-0.1, -0.05) is 23.3 Å². The summed E-state index contributed by atoms with van der Waals surface area (Å²) < 4.78 is 1.89. The molecule has 1 saturated heterocycles. The number of piperazine rings is 1. The van der Waals surface area contributed by atoms with Crippen molar-refractivity contribution in [1.82, 2.24) is 19.6 Å². The van der Waals surface area contributed by atoms with Gasteiger partial charge < -0.3 is 5.11 Å². The molecule has 2 heterocycles. The number of allylic oxidation sites excluding steroid dienone is 1. The van der Waals surface area contributed by atoms with Crippen molar-refractivity contribution >= 4 is 11.6 Å². The summed E-state index contributed by atoms with van der Waals surface area (Å²) in [5.74, 6) is 0. The second-order valence-electron chi connectivity index (χ2n) is 7.45. The topological polar surface area (TPSA) is 44.5 Å². The zero-order chi connectivity index (χ0) is 19.2. The lowest BCUT2D eigenvalue weighted by molar-refractivity contribution is 0.0636. The predicted octanol–water partition coefficient (Wildman–Crippen LogP) is 3.36. The van der Waals surface area contributed by atoms with E-state index in [4.69, 9.17) is 11.6 Å². The summed E-state index contributed by atoms with van der Waals surface area (Å²) in [7, 11) is 0. The summed E-state index contributed by atoms with van der Waals surface area (Å²) in [6.45, 7) is 9.39. The highest BCUT2D eigenvalue weighted by molar-refractivity contribution is 6.30. The number of nitrogens with zero attached hydrogens (tertiary/aromatic N) is 4. The summed E-state index contributed by atoms with van der Waals surface area (Å²) in [6.07, 6.45) is 7.11. The van der Waals surface area contributed by atoms with E-state index in [1.54, 1.807) is 0 Å². The van der Waals surface area contributed by atoms with Gasteiger partial charge in [0.2, 0.25) is 0 Å². The molecule has 1 aromatic heterocycles. The van der Waals surface area contributed by atoms with Crippen LogP contribution in [-0.4, -0.2) is 63.5 Å². The average Bonchev–Trinajstić information content (AvgIpc) is 3.10. The third-order valence-corrected chi connectivity index (χ3v) is 5.27. The molecule has 0 amide bonds. The van der Waals surface area contributed by atoms with Gasteiger partial charge in [-0.15, -0.1) is 0 Å². The zero-order valence-corrected chi connectivity index (χ0v) is 16.9. The molecule has 1 fully saturated rings. The van der Waals surface area contributed by atoms with Gasteiger partial charge >= 0.3 is 0 Å². The highest BCUT2D eigenvalue weighted by atomic mass is 35.5. The first-order valence-electron chi connectivity index (χ1n) is 9.55. The van der Waals surface area contributed by atoms with Gasteiger partial charge in [0.25, 0.3) is 0 Å². The van der Waals surface area contributed by atoms with Crippen LogP contribution in [0.1, 0.15) is 25.8 Å². The summed E-state index contributed by atoms with van der Waals surface area (Å²) in [5, 5.41) is 14.7. The number of hydrogen-bond acceptors (Lipinski definition) is 4. The molecule has 2 aromatic rings. The van der Waals surface area contributed by atoms with E-state index in [1.165, 1.54) is 11.1 Å². The van der Waals surface area contributed by atoms with E-state index in [1.807, 2.05) is 35.1 Å². The minimum atomic E-state index is 0.234. The maximum absolute atomic E-state index is 9.46. The Labute approximate surface area is 166 Å². The van der Waals surface area contributed by atoms with Crippen LogP contribution >= 0.6 is 11.6 Å². The normalized spacial score (nSPS) is 18.6. The first-order chi connectivity index (χ1) is 13.0. The predicted molar refractivity (Wildman–Crippen MR) is 110 cm³/mol. The number of benzene rings is 1. The van der Waals surface area contributed by atoms with Gasteiger partial charge in [0.1, 0.15) is 0 Å². The van der Waals surface area contributed by atoms with E-state index in [0.29, 0.717) is 6.04 Å². The third-order valence-electron chi connectivity index (χ3n) is 5.02. The lowest BCUT2D eigenvalue weighted by Crippen LogP contribution is -2.53. The monoisotopic (exact) mass is 388 g/mol. The fourth-order valence-electron chi connectivity index (χ4n) is 3.50. The Bertz CT molecular complexity index is 752. The van der Waals surface area contributed by atoms with Crippen molar-refractivity contribution in [1.29, 1.82) is 0 Å². The van der Waals surface area contributed by atoms with Gasteiger partial charge in [-0.05, 0) is 44.5 Å². The zero-order valence-electron chi connectivity index (χ0n) is 16.2. The third kappa shape index (κ3) is 5.66. The lowest BCUT2D eigenvalue weighted by Gasteiger charge is -2.41. The maximum atomic E-state index is 9.46. The van der Waals surface area contributed by atoms with Crippen molar-refractivity contribution in [2.45, 2.75) is 32.9 Å². The standard InChI is InChI=1S/C21H29ClN4O/c1-17(2)7-9-25-11-10-24(16-21(25)8-12-27)14-18-13-23-26(15-18)20-5-3-19(22)4-6-20/h3-7,13,15,21,27H,8-12,14,16H2,1-2H3/t21-/m0/s1. The van der Waals surface area contributed by atoms with Gasteiger partial charge in [0.05, 0.1) is 11.9 Å². The van der Waals surface area contributed by atoms with Crippen molar-refractivity contribution in [2.24, 2.45) is 0 Å². The Morgan fingerprint density at radius 2 is 2.04 bits per heavy atom. The molecule has 1 aliphatic heterocycles. The van der Waals surface area contributed by atoms with Crippen LogP contribution in [0.15, 0.2) is 48.3 Å². The molecule has 1 aromatic carbocycles. The van der Waals surface area contributed by atoms with E-state index in [2.05, 4.69) is 41.0 Å². The number of aliphatic hydroxyl groups excluding tert-OH is 1. The Balaban J connectivity index is 1.61. The molecule has 3 rings (SSSR count). The molecule has 0 aliphatic carbocycles. The van der Waals surface area contributed by atoms with Crippen LogP contribution in [-0.2, 0) is 6.54 Å². The van der Waals surface area contributed by atoms with E-state index in [0.717, 1.165) is 49.9 Å². The van der Waals surface area contributed by atoms with Crippen molar-refractivity contribution in [3.05, 3.63) is 58.9 Å². The lowest BCUT2D eigenvalue weighted by atomic mass is 10.1. The number of hydrogen-bond donors (Lipinski definition) is 1. The van der Waals surface area contributed by atoms with Crippen molar-refractivity contribution in [3.63, 3.8) is 0 Å². The number of halogens is 1. The first-order valence-corrected chi connectivity index (χ1v) is 9.93. The Morgan fingerprint density at radius 3 is 2.74 bits per heavy atom. The fourth-order valence-corrected chi connectivity index (χ4v) is 3.62. The smallest absolute Gasteiger partial charge is 0.0646 e. The molecular formula is C21H29ClN4O. The highest BCUT2D eigenvalue weighted by Crippen LogP contribution is 2.17. The Hall–Kier alpha value is -1.66. The molecule has 146 valence electrons. The van der Waals surface area contributed by atoms with E-state index >= 15 is 0 Å². The molecule has 0 spiro atoms. The quantitative estimate of drug-likeness (QED) is 0.739. The van der Waals surface area contributed by atoms with Gasteiger partial charge in [0, 0.05) is 62.2 Å². The van der Waals surface area contributed by atoms with Gasteiger partial charge in [-0.2, -0.15) is 5.10 Å². The van der Waals surface area contributed by atoms with Crippen LogP contribution in [0.3, 0.4) is 0 Å². The molecule has 0 unspecified atom stereocenters. The Kier molecular flexibility index (Phi) is 7.07. The fraction of sp³-hybridized carbons (Fsp3) is 0.476. The largest absolute Gasteiger partial charge is 0.396 e. The van der Waals surface area contributed by atoms with Gasteiger partial charge in [0.15, 0.2) is 0 Å². The second-order valence-corrected chi connectivity index (χ2v) is 7.88. The summed E-state index contributed by atoms with van der Waals surface area (Å²) in [4.78, 5) is 4.94. The van der Waals surface area contributed by atoms with Crippen LogP contribution < -0.4 is 0 Å². The molecule has 0 bridgehead atoms. The minimum absolute atomic E-state index is 0.234. The molecule has 1 aliphatic rings. The SMILES string of the molecule is CC(C)=CCN1CCN(Cc2cnn(-c3ccc(Cl)cc3)c2)C[C@@H]1CCO. The van der Waals surface area contributed by atoms with E-state index in [-0.39, 0.29) is 6.61 Å². The van der Waals surface area contributed by atoms with Crippen LogP contribution in [0.5, 0.6) is 0 Å². The van der Waals surface area contributed by atoms with Gasteiger partial charge in [-0.3, -0.25) is 9.80 Å². The summed E-state index contributed by atoms with van der Waals surface area (Å²) >= 11 is 5.96. The molecule has 0 radical (unpaired) electrons. The van der Waals surface area contributed by atoms with Crippen LogP contribution in [0.25, 0.3) is 5.69 Å². The minimum Gasteiger partial charge on any atom is -0.396 e. The van der Waals surface area contributed by atoms with Crippen LogP contribution in [0, 0.1) is 0 Å².